The van der Waals surface area contributed by atoms with Crippen LogP contribution >= 0.6 is 0 Å². The lowest BCUT2D eigenvalue weighted by Gasteiger charge is -2.38. The Morgan fingerprint density at radius 2 is 1.80 bits per heavy atom. The first kappa shape index (κ1) is 14.0. The first-order valence-electron chi connectivity index (χ1n) is 7.39. The third-order valence-electron chi connectivity index (χ3n) is 4.59. The van der Waals surface area contributed by atoms with Crippen LogP contribution in [-0.2, 0) is 22.9 Å². The molecule has 5 heteroatoms. The summed E-state index contributed by atoms with van der Waals surface area (Å²) in [5, 5.41) is 0. The first-order valence-corrected chi connectivity index (χ1v) is 8.87. The molecule has 0 atom stereocenters. The number of fused-ring (bicyclic) bond motifs is 1. The highest BCUT2D eigenvalue weighted by Gasteiger charge is 2.33. The second kappa shape index (κ2) is 5.13. The van der Waals surface area contributed by atoms with Crippen molar-refractivity contribution in [1.82, 2.24) is 4.72 Å². The molecule has 20 heavy (non-hydrogen) atoms. The van der Waals surface area contributed by atoms with Crippen molar-refractivity contribution in [1.29, 1.82) is 0 Å². The Balaban J connectivity index is 1.76. The number of aryl methyl sites for hydroxylation is 2. The van der Waals surface area contributed by atoms with E-state index in [4.69, 9.17) is 5.73 Å². The van der Waals surface area contributed by atoms with Crippen LogP contribution in [-0.4, -0.2) is 20.5 Å². The van der Waals surface area contributed by atoms with Crippen LogP contribution in [0.1, 0.15) is 43.2 Å². The molecule has 0 bridgehead atoms. The van der Waals surface area contributed by atoms with Crippen LogP contribution < -0.4 is 10.5 Å². The Bertz CT molecular complexity index is 606. The molecule has 110 valence electrons. The fourth-order valence-electron chi connectivity index (χ4n) is 3.01. The van der Waals surface area contributed by atoms with E-state index in [0.29, 0.717) is 11.4 Å². The maximum atomic E-state index is 12.3. The number of hydrogen-bond donors (Lipinski definition) is 2. The van der Waals surface area contributed by atoms with Crippen LogP contribution in [0.2, 0.25) is 0 Å². The summed E-state index contributed by atoms with van der Waals surface area (Å²) in [6.45, 7) is 0.340. The molecule has 0 unspecified atom stereocenters. The zero-order valence-corrected chi connectivity index (χ0v) is 12.5. The van der Waals surface area contributed by atoms with Gasteiger partial charge in [0.25, 0.3) is 0 Å². The van der Waals surface area contributed by atoms with E-state index in [9.17, 15) is 8.42 Å². The molecule has 0 radical (unpaired) electrons. The van der Waals surface area contributed by atoms with Crippen molar-refractivity contribution in [2.75, 3.05) is 6.54 Å². The standard InChI is InChI=1S/C15H22N2O2S/c16-15(8-3-9-15)11-17-20(18,19)14-7-6-12-4-1-2-5-13(12)10-14/h6-7,10,17H,1-5,8-9,11,16H2. The average Bonchev–Trinajstić information content (AvgIpc) is 2.42. The van der Waals surface area contributed by atoms with Gasteiger partial charge in [0.15, 0.2) is 0 Å². The molecule has 0 spiro atoms. The monoisotopic (exact) mass is 294 g/mol. The van der Waals surface area contributed by atoms with Gasteiger partial charge in [0.1, 0.15) is 0 Å². The summed E-state index contributed by atoms with van der Waals surface area (Å²) in [7, 11) is -3.43. The van der Waals surface area contributed by atoms with Crippen molar-refractivity contribution in [2.45, 2.75) is 55.4 Å². The van der Waals surface area contributed by atoms with Gasteiger partial charge in [-0.3, -0.25) is 0 Å². The van der Waals surface area contributed by atoms with Gasteiger partial charge in [-0.25, -0.2) is 13.1 Å². The van der Waals surface area contributed by atoms with E-state index < -0.39 is 10.0 Å². The summed E-state index contributed by atoms with van der Waals surface area (Å²) in [5.41, 5.74) is 8.22. The Hall–Kier alpha value is -0.910. The van der Waals surface area contributed by atoms with Crippen molar-refractivity contribution in [3.05, 3.63) is 29.3 Å². The largest absolute Gasteiger partial charge is 0.324 e. The summed E-state index contributed by atoms with van der Waals surface area (Å²) < 4.78 is 27.3. The maximum absolute atomic E-state index is 12.3. The predicted molar refractivity (Wildman–Crippen MR) is 79.0 cm³/mol. The lowest BCUT2D eigenvalue weighted by Crippen LogP contribution is -2.54. The first-order chi connectivity index (χ1) is 9.49. The van der Waals surface area contributed by atoms with E-state index in [-0.39, 0.29) is 5.54 Å². The molecule has 2 aliphatic carbocycles. The van der Waals surface area contributed by atoms with Crippen LogP contribution in [0.3, 0.4) is 0 Å². The minimum Gasteiger partial charge on any atom is -0.324 e. The van der Waals surface area contributed by atoms with Gasteiger partial charge >= 0.3 is 0 Å². The molecule has 0 aliphatic heterocycles. The molecule has 1 saturated carbocycles. The van der Waals surface area contributed by atoms with Gasteiger partial charge in [0, 0.05) is 12.1 Å². The highest BCUT2D eigenvalue weighted by Crippen LogP contribution is 2.29. The van der Waals surface area contributed by atoms with E-state index in [1.165, 1.54) is 17.5 Å². The molecule has 1 fully saturated rings. The fourth-order valence-corrected chi connectivity index (χ4v) is 4.20. The second-order valence-corrected chi connectivity index (χ2v) is 7.95. The summed E-state index contributed by atoms with van der Waals surface area (Å²) in [4.78, 5) is 0.376. The number of benzene rings is 1. The Labute approximate surface area is 120 Å². The number of sulfonamides is 1. The molecular formula is C15H22N2O2S. The molecule has 1 aromatic rings. The topological polar surface area (TPSA) is 72.2 Å². The Kier molecular flexibility index (Phi) is 3.60. The van der Waals surface area contributed by atoms with Gasteiger partial charge in [-0.2, -0.15) is 0 Å². The zero-order valence-electron chi connectivity index (χ0n) is 11.7. The maximum Gasteiger partial charge on any atom is 0.240 e. The molecule has 3 N–H and O–H groups in total. The molecule has 0 amide bonds. The van der Waals surface area contributed by atoms with E-state index >= 15 is 0 Å². The van der Waals surface area contributed by atoms with Crippen molar-refractivity contribution in [3.63, 3.8) is 0 Å². The van der Waals surface area contributed by atoms with Gasteiger partial charge in [-0.05, 0) is 68.2 Å². The molecular weight excluding hydrogens is 272 g/mol. The van der Waals surface area contributed by atoms with Gasteiger partial charge in [-0.1, -0.05) is 6.07 Å². The van der Waals surface area contributed by atoms with Crippen molar-refractivity contribution >= 4 is 10.0 Å². The Morgan fingerprint density at radius 1 is 1.10 bits per heavy atom. The SMILES string of the molecule is NC1(CNS(=O)(=O)c2ccc3c(c2)CCCC3)CCC1. The second-order valence-electron chi connectivity index (χ2n) is 6.18. The third kappa shape index (κ3) is 2.75. The summed E-state index contributed by atoms with van der Waals surface area (Å²) in [6.07, 6.45) is 7.30. The van der Waals surface area contributed by atoms with Gasteiger partial charge < -0.3 is 5.73 Å². The normalized spacial score (nSPS) is 21.1. The summed E-state index contributed by atoms with van der Waals surface area (Å²) >= 11 is 0. The molecule has 0 heterocycles. The zero-order chi connectivity index (χ0) is 14.2. The Morgan fingerprint density at radius 3 is 2.45 bits per heavy atom. The summed E-state index contributed by atoms with van der Waals surface area (Å²) in [5.74, 6) is 0. The van der Waals surface area contributed by atoms with E-state index in [0.717, 1.165) is 38.5 Å². The number of nitrogens with one attached hydrogen (secondary N) is 1. The van der Waals surface area contributed by atoms with E-state index in [1.807, 2.05) is 12.1 Å². The van der Waals surface area contributed by atoms with Crippen molar-refractivity contribution < 1.29 is 8.42 Å². The smallest absolute Gasteiger partial charge is 0.240 e. The minimum absolute atomic E-state index is 0.332. The van der Waals surface area contributed by atoms with E-state index in [1.54, 1.807) is 6.07 Å². The van der Waals surface area contributed by atoms with Crippen LogP contribution in [0.4, 0.5) is 0 Å². The van der Waals surface area contributed by atoms with Crippen LogP contribution in [0.15, 0.2) is 23.1 Å². The fraction of sp³-hybridized carbons (Fsp3) is 0.600. The average molecular weight is 294 g/mol. The van der Waals surface area contributed by atoms with Gasteiger partial charge in [0.05, 0.1) is 4.90 Å². The number of rotatable bonds is 4. The molecule has 0 aromatic heterocycles. The number of nitrogens with two attached hydrogens (primary N) is 1. The van der Waals surface area contributed by atoms with Crippen LogP contribution in [0, 0.1) is 0 Å². The molecule has 0 saturated heterocycles. The van der Waals surface area contributed by atoms with Gasteiger partial charge in [-0.15, -0.1) is 0 Å². The lowest BCUT2D eigenvalue weighted by molar-refractivity contribution is 0.251. The highest BCUT2D eigenvalue weighted by molar-refractivity contribution is 7.89. The quantitative estimate of drug-likeness (QED) is 0.888. The lowest BCUT2D eigenvalue weighted by atomic mass is 9.78. The third-order valence-corrected chi connectivity index (χ3v) is 5.99. The molecule has 1 aromatic carbocycles. The minimum atomic E-state index is -3.43. The molecule has 3 rings (SSSR count). The van der Waals surface area contributed by atoms with Crippen molar-refractivity contribution in [3.8, 4) is 0 Å². The van der Waals surface area contributed by atoms with Crippen molar-refractivity contribution in [2.24, 2.45) is 5.73 Å². The van der Waals surface area contributed by atoms with Gasteiger partial charge in [0.2, 0.25) is 10.0 Å². The van der Waals surface area contributed by atoms with Crippen LogP contribution in [0.25, 0.3) is 0 Å². The molecule has 4 nitrogen and oxygen atoms in total. The number of hydrogen-bond acceptors (Lipinski definition) is 3. The molecule has 2 aliphatic rings. The van der Waals surface area contributed by atoms with Crippen LogP contribution in [0.5, 0.6) is 0 Å². The predicted octanol–water partition coefficient (Wildman–Crippen LogP) is 1.73. The summed E-state index contributed by atoms with van der Waals surface area (Å²) in [6, 6.07) is 5.52. The van der Waals surface area contributed by atoms with E-state index in [2.05, 4.69) is 4.72 Å². The highest BCUT2D eigenvalue weighted by atomic mass is 32.2.